The minimum Gasteiger partial charge on any atom is -0.483 e. The van der Waals surface area contributed by atoms with Crippen LogP contribution in [-0.2, 0) is 26.6 Å². The summed E-state index contributed by atoms with van der Waals surface area (Å²) in [5.41, 5.74) is 1.42. The van der Waals surface area contributed by atoms with Gasteiger partial charge in [-0.1, -0.05) is 23.7 Å². The molecule has 3 rings (SSSR count). The van der Waals surface area contributed by atoms with Gasteiger partial charge in [0.2, 0.25) is 0 Å². The molecule has 1 saturated heterocycles. The van der Waals surface area contributed by atoms with E-state index in [1.165, 1.54) is 18.2 Å². The number of amides is 1. The van der Waals surface area contributed by atoms with E-state index in [1.54, 1.807) is 29.2 Å². The number of hydrogen-bond donors (Lipinski definition) is 1. The quantitative estimate of drug-likeness (QED) is 0.546. The number of benzene rings is 2. The summed E-state index contributed by atoms with van der Waals surface area (Å²) < 4.78 is 35.6. The van der Waals surface area contributed by atoms with Crippen LogP contribution in [-0.4, -0.2) is 59.5 Å². The Kier molecular flexibility index (Phi) is 8.54. The molecule has 0 bridgehead atoms. The first-order valence-corrected chi connectivity index (χ1v) is 12.8. The summed E-state index contributed by atoms with van der Waals surface area (Å²) in [5.74, 6) is -0.117. The molecule has 3 atom stereocenters. The van der Waals surface area contributed by atoms with E-state index in [1.807, 2.05) is 6.92 Å². The molecule has 1 heterocycles. The highest BCUT2D eigenvalue weighted by molar-refractivity contribution is 7.51. The molecule has 2 aromatic carbocycles. The normalized spacial score (nSPS) is 21.0. The first-order valence-electron chi connectivity index (χ1n) is 10.6. The highest BCUT2D eigenvalue weighted by atomic mass is 35.5. The van der Waals surface area contributed by atoms with Crippen LogP contribution in [0.4, 0.5) is 4.39 Å². The Bertz CT molecular complexity index is 1020. The molecular weight excluding hydrogens is 470 g/mol. The summed E-state index contributed by atoms with van der Waals surface area (Å²) in [4.78, 5) is 26.8. The Morgan fingerprint density at radius 3 is 2.55 bits per heavy atom. The van der Waals surface area contributed by atoms with E-state index in [0.29, 0.717) is 36.0 Å². The molecule has 0 radical (unpaired) electrons. The van der Waals surface area contributed by atoms with Crippen molar-refractivity contribution in [2.45, 2.75) is 38.6 Å². The molecule has 1 amide bonds. The van der Waals surface area contributed by atoms with Crippen molar-refractivity contribution < 1.29 is 27.9 Å². The first-order chi connectivity index (χ1) is 15.6. The van der Waals surface area contributed by atoms with Gasteiger partial charge in [-0.05, 0) is 49.7 Å². The number of rotatable bonds is 8. The van der Waals surface area contributed by atoms with Gasteiger partial charge in [-0.25, -0.2) is 4.39 Å². The molecule has 1 N–H and O–H groups in total. The number of carbonyl (C=O) groups is 1. The molecule has 180 valence electrons. The summed E-state index contributed by atoms with van der Waals surface area (Å²) in [6, 6.07) is 11.2. The average molecular weight is 499 g/mol. The summed E-state index contributed by atoms with van der Waals surface area (Å²) in [6.45, 7) is 5.73. The van der Waals surface area contributed by atoms with E-state index in [-0.39, 0.29) is 36.6 Å². The predicted molar refractivity (Wildman–Crippen MR) is 125 cm³/mol. The van der Waals surface area contributed by atoms with Crippen LogP contribution in [0.5, 0.6) is 5.75 Å². The number of piperazine rings is 1. The van der Waals surface area contributed by atoms with Gasteiger partial charge in [0, 0.05) is 49.4 Å². The largest absolute Gasteiger partial charge is 0.483 e. The van der Waals surface area contributed by atoms with Crippen LogP contribution in [0.2, 0.25) is 5.02 Å². The minimum absolute atomic E-state index is 0.0337. The third kappa shape index (κ3) is 7.01. The molecular formula is C23H29ClFN2O5P. The average Bonchev–Trinajstić information content (AvgIpc) is 2.76. The molecule has 7 nitrogen and oxygen atoms in total. The zero-order valence-electron chi connectivity index (χ0n) is 18.9. The summed E-state index contributed by atoms with van der Waals surface area (Å²) in [7, 11) is -2.67. The topological polar surface area (TPSA) is 79.3 Å². The van der Waals surface area contributed by atoms with Crippen LogP contribution in [0.1, 0.15) is 25.0 Å². The minimum atomic E-state index is -3.83. The summed E-state index contributed by atoms with van der Waals surface area (Å²) in [5, 5.41) is 0.388. The fraction of sp³-hybridized carbons (Fsp3) is 0.435. The van der Waals surface area contributed by atoms with E-state index in [2.05, 4.69) is 16.3 Å². The molecule has 0 saturated carbocycles. The molecule has 1 fully saturated rings. The molecule has 2 aromatic rings. The lowest BCUT2D eigenvalue weighted by molar-refractivity contribution is -0.139. The molecule has 1 unspecified atom stereocenters. The molecule has 10 heteroatoms. The van der Waals surface area contributed by atoms with Crippen molar-refractivity contribution in [3.63, 3.8) is 0 Å². The highest BCUT2D eigenvalue weighted by Crippen LogP contribution is 2.46. The van der Waals surface area contributed by atoms with Crippen molar-refractivity contribution in [2.24, 2.45) is 0 Å². The van der Waals surface area contributed by atoms with Gasteiger partial charge >= 0.3 is 7.60 Å². The number of carbonyl (C=O) groups excluding carboxylic acids is 1. The van der Waals surface area contributed by atoms with Crippen molar-refractivity contribution >= 4 is 25.1 Å². The van der Waals surface area contributed by atoms with E-state index in [9.17, 15) is 18.6 Å². The van der Waals surface area contributed by atoms with Gasteiger partial charge < -0.3 is 19.1 Å². The fourth-order valence-corrected chi connectivity index (χ4v) is 4.91. The van der Waals surface area contributed by atoms with Crippen LogP contribution in [0.3, 0.4) is 0 Å². The van der Waals surface area contributed by atoms with Crippen LogP contribution in [0.25, 0.3) is 0 Å². The zero-order valence-corrected chi connectivity index (χ0v) is 20.6. The lowest BCUT2D eigenvalue weighted by atomic mass is 10.1. The van der Waals surface area contributed by atoms with Crippen LogP contribution in [0, 0.1) is 5.82 Å². The van der Waals surface area contributed by atoms with Gasteiger partial charge in [-0.15, -0.1) is 0 Å². The van der Waals surface area contributed by atoms with E-state index < -0.39 is 7.60 Å². The molecule has 1 aliphatic rings. The molecule has 0 aromatic heterocycles. The summed E-state index contributed by atoms with van der Waals surface area (Å²) >= 11 is 6.02. The number of halogens is 2. The van der Waals surface area contributed by atoms with Crippen LogP contribution >= 0.6 is 19.2 Å². The molecule has 33 heavy (non-hydrogen) atoms. The lowest BCUT2D eigenvalue weighted by Gasteiger charge is -2.44. The Labute approximate surface area is 198 Å². The Morgan fingerprint density at radius 2 is 1.88 bits per heavy atom. The lowest BCUT2D eigenvalue weighted by Crippen LogP contribution is -2.58. The zero-order chi connectivity index (χ0) is 24.2. The van der Waals surface area contributed by atoms with E-state index in [0.717, 1.165) is 12.7 Å². The standard InChI is InChI=1S/C23H29ClFN2O5P/c1-16-12-27(17(2)11-26(16)13-18-4-7-21(25)8-5-18)23(28)14-32-22-9-6-20(24)10-19(22)15-33(29,30)31-3/h4-10,16-17H,11-15H2,1-3H3,(H,29,30)/t16-,17+/m0/s1. The second-order valence-corrected chi connectivity index (χ2v) is 10.7. The fourth-order valence-electron chi connectivity index (χ4n) is 3.90. The van der Waals surface area contributed by atoms with Gasteiger partial charge in [-0.2, -0.15) is 0 Å². The maximum absolute atomic E-state index is 13.2. The second kappa shape index (κ2) is 11.0. The van der Waals surface area contributed by atoms with E-state index >= 15 is 0 Å². The monoisotopic (exact) mass is 498 g/mol. The van der Waals surface area contributed by atoms with Crippen LogP contribution < -0.4 is 4.74 Å². The van der Waals surface area contributed by atoms with Crippen molar-refractivity contribution in [2.75, 3.05) is 26.8 Å². The van der Waals surface area contributed by atoms with Crippen molar-refractivity contribution in [1.82, 2.24) is 9.80 Å². The Balaban J connectivity index is 1.61. The van der Waals surface area contributed by atoms with Gasteiger partial charge in [0.25, 0.3) is 5.91 Å². The number of hydrogen-bond acceptors (Lipinski definition) is 5. The third-order valence-corrected chi connectivity index (χ3v) is 7.31. The van der Waals surface area contributed by atoms with Crippen LogP contribution in [0.15, 0.2) is 42.5 Å². The van der Waals surface area contributed by atoms with E-state index in [4.69, 9.17) is 16.3 Å². The SMILES string of the molecule is COP(=O)(O)Cc1cc(Cl)ccc1OCC(=O)N1C[C@H](C)N(Cc2ccc(F)cc2)C[C@H]1C. The maximum Gasteiger partial charge on any atom is 0.332 e. The van der Waals surface area contributed by atoms with Crippen molar-refractivity contribution in [3.8, 4) is 5.75 Å². The molecule has 0 aliphatic carbocycles. The molecule has 0 spiro atoms. The maximum atomic E-state index is 13.2. The summed E-state index contributed by atoms with van der Waals surface area (Å²) in [6.07, 6.45) is -0.275. The second-order valence-electron chi connectivity index (χ2n) is 8.32. The smallest absolute Gasteiger partial charge is 0.332 e. The highest BCUT2D eigenvalue weighted by Gasteiger charge is 2.32. The van der Waals surface area contributed by atoms with Gasteiger partial charge in [0.05, 0.1) is 6.16 Å². The third-order valence-electron chi connectivity index (χ3n) is 5.76. The van der Waals surface area contributed by atoms with Gasteiger partial charge in [0.1, 0.15) is 11.6 Å². The Morgan fingerprint density at radius 1 is 1.18 bits per heavy atom. The number of ether oxygens (including phenoxy) is 1. The Hall–Kier alpha value is -1.96. The predicted octanol–water partition coefficient (Wildman–Crippen LogP) is 4.31. The first kappa shape index (κ1) is 25.7. The van der Waals surface area contributed by atoms with Crippen molar-refractivity contribution in [1.29, 1.82) is 0 Å². The van der Waals surface area contributed by atoms with Crippen molar-refractivity contribution in [3.05, 3.63) is 64.4 Å². The van der Waals surface area contributed by atoms with Gasteiger partial charge in [0.15, 0.2) is 6.61 Å². The number of nitrogens with zero attached hydrogens (tertiary/aromatic N) is 2. The molecule has 1 aliphatic heterocycles. The van der Waals surface area contributed by atoms with Gasteiger partial charge in [-0.3, -0.25) is 14.3 Å².